The largest absolute Gasteiger partial charge is 0.340 e. The molecule has 0 aliphatic carbocycles. The van der Waals surface area contributed by atoms with Crippen LogP contribution in [0.5, 0.6) is 0 Å². The summed E-state index contributed by atoms with van der Waals surface area (Å²) in [7, 11) is 0. The summed E-state index contributed by atoms with van der Waals surface area (Å²) >= 11 is 3.57. The predicted molar refractivity (Wildman–Crippen MR) is 70.0 cm³/mol. The molecule has 1 N–H and O–H groups in total. The van der Waals surface area contributed by atoms with Gasteiger partial charge in [-0.15, -0.1) is 0 Å². The van der Waals surface area contributed by atoms with Crippen molar-refractivity contribution in [2.45, 2.75) is 33.4 Å². The molecule has 0 fully saturated rings. The van der Waals surface area contributed by atoms with Crippen LogP contribution in [0.3, 0.4) is 0 Å². The molecular weight excluding hydrogens is 298 g/mol. The van der Waals surface area contributed by atoms with Gasteiger partial charge in [0.1, 0.15) is 0 Å². The van der Waals surface area contributed by atoms with Gasteiger partial charge in [0.25, 0.3) is 0 Å². The van der Waals surface area contributed by atoms with Gasteiger partial charge in [0.05, 0.1) is 15.9 Å². The van der Waals surface area contributed by atoms with E-state index in [2.05, 4.69) is 43.4 Å². The molecule has 2 aromatic rings. The minimum Gasteiger partial charge on any atom is -0.340 e. The third-order valence-corrected chi connectivity index (χ3v) is 3.70. The SMILES string of the molecule is CCn1nc(C)c(Br)c1CNCCc1ncno1. The summed E-state index contributed by atoms with van der Waals surface area (Å²) < 4.78 is 8.01. The van der Waals surface area contributed by atoms with Crippen molar-refractivity contribution in [3.63, 3.8) is 0 Å². The molecule has 98 valence electrons. The molecular formula is C11H16BrN5O. The van der Waals surface area contributed by atoms with Gasteiger partial charge in [0.15, 0.2) is 6.33 Å². The molecule has 0 aliphatic rings. The number of nitrogens with one attached hydrogen (secondary N) is 1. The Labute approximate surface area is 114 Å². The summed E-state index contributed by atoms with van der Waals surface area (Å²) in [5.41, 5.74) is 2.19. The van der Waals surface area contributed by atoms with Crippen LogP contribution in [0, 0.1) is 6.92 Å². The second-order valence-corrected chi connectivity index (χ2v) is 4.72. The third kappa shape index (κ3) is 2.97. The van der Waals surface area contributed by atoms with Crippen LogP contribution in [-0.2, 0) is 19.5 Å². The predicted octanol–water partition coefficient (Wildman–Crippen LogP) is 1.69. The Kier molecular flexibility index (Phi) is 4.48. The van der Waals surface area contributed by atoms with E-state index in [0.29, 0.717) is 5.89 Å². The van der Waals surface area contributed by atoms with E-state index in [4.69, 9.17) is 4.52 Å². The Morgan fingerprint density at radius 3 is 3.00 bits per heavy atom. The normalized spacial score (nSPS) is 11.1. The quantitative estimate of drug-likeness (QED) is 0.822. The van der Waals surface area contributed by atoms with E-state index < -0.39 is 0 Å². The Morgan fingerprint density at radius 1 is 1.50 bits per heavy atom. The van der Waals surface area contributed by atoms with Gasteiger partial charge in [-0.3, -0.25) is 4.68 Å². The summed E-state index contributed by atoms with van der Waals surface area (Å²) in [6, 6.07) is 0. The molecule has 2 aromatic heterocycles. The van der Waals surface area contributed by atoms with Crippen LogP contribution < -0.4 is 5.32 Å². The zero-order valence-corrected chi connectivity index (χ0v) is 12.1. The fourth-order valence-electron chi connectivity index (χ4n) is 1.75. The number of aryl methyl sites for hydroxylation is 2. The van der Waals surface area contributed by atoms with Gasteiger partial charge in [-0.2, -0.15) is 10.1 Å². The first-order valence-corrected chi connectivity index (χ1v) is 6.69. The van der Waals surface area contributed by atoms with Gasteiger partial charge in [0, 0.05) is 26.1 Å². The fraction of sp³-hybridized carbons (Fsp3) is 0.545. The summed E-state index contributed by atoms with van der Waals surface area (Å²) in [6.07, 6.45) is 2.15. The van der Waals surface area contributed by atoms with E-state index in [-0.39, 0.29) is 0 Å². The molecule has 0 saturated heterocycles. The number of aromatic nitrogens is 4. The Hall–Kier alpha value is -1.21. The molecule has 0 spiro atoms. The fourth-order valence-corrected chi connectivity index (χ4v) is 2.17. The van der Waals surface area contributed by atoms with Crippen molar-refractivity contribution in [2.75, 3.05) is 6.54 Å². The average Bonchev–Trinajstić information content (AvgIpc) is 2.96. The number of halogens is 1. The Morgan fingerprint density at radius 2 is 2.33 bits per heavy atom. The average molecular weight is 314 g/mol. The van der Waals surface area contributed by atoms with E-state index >= 15 is 0 Å². The number of hydrogen-bond acceptors (Lipinski definition) is 5. The minimum absolute atomic E-state index is 0.654. The van der Waals surface area contributed by atoms with E-state index in [1.807, 2.05) is 11.6 Å². The third-order valence-electron chi connectivity index (χ3n) is 2.67. The van der Waals surface area contributed by atoms with Gasteiger partial charge in [0.2, 0.25) is 5.89 Å². The molecule has 0 amide bonds. The van der Waals surface area contributed by atoms with Gasteiger partial charge >= 0.3 is 0 Å². The van der Waals surface area contributed by atoms with Crippen LogP contribution in [0.2, 0.25) is 0 Å². The summed E-state index contributed by atoms with van der Waals surface area (Å²) in [5, 5.41) is 11.4. The molecule has 0 atom stereocenters. The van der Waals surface area contributed by atoms with E-state index in [9.17, 15) is 0 Å². The summed E-state index contributed by atoms with van der Waals surface area (Å²) in [5.74, 6) is 0.654. The van der Waals surface area contributed by atoms with Crippen molar-refractivity contribution in [1.29, 1.82) is 0 Å². The lowest BCUT2D eigenvalue weighted by atomic mass is 10.3. The maximum atomic E-state index is 4.93. The van der Waals surface area contributed by atoms with Crippen molar-refractivity contribution in [3.8, 4) is 0 Å². The highest BCUT2D eigenvalue weighted by Crippen LogP contribution is 2.20. The van der Waals surface area contributed by atoms with Crippen molar-refractivity contribution >= 4 is 15.9 Å². The van der Waals surface area contributed by atoms with E-state index in [1.54, 1.807) is 0 Å². The van der Waals surface area contributed by atoms with Gasteiger partial charge in [-0.25, -0.2) is 0 Å². The smallest absolute Gasteiger partial charge is 0.227 e. The highest BCUT2D eigenvalue weighted by Gasteiger charge is 2.11. The van der Waals surface area contributed by atoms with Gasteiger partial charge in [-0.1, -0.05) is 5.16 Å². The number of hydrogen-bond donors (Lipinski definition) is 1. The molecule has 0 aromatic carbocycles. The van der Waals surface area contributed by atoms with E-state index in [1.165, 1.54) is 12.0 Å². The number of nitrogens with zero attached hydrogens (tertiary/aromatic N) is 4. The first-order chi connectivity index (χ1) is 8.72. The monoisotopic (exact) mass is 313 g/mol. The van der Waals surface area contributed by atoms with E-state index in [0.717, 1.165) is 36.2 Å². The molecule has 0 bridgehead atoms. The molecule has 6 nitrogen and oxygen atoms in total. The second kappa shape index (κ2) is 6.10. The van der Waals surface area contributed by atoms with Crippen LogP contribution in [0.15, 0.2) is 15.3 Å². The van der Waals surface area contributed by atoms with Crippen LogP contribution in [-0.4, -0.2) is 26.5 Å². The molecule has 0 radical (unpaired) electrons. The zero-order chi connectivity index (χ0) is 13.0. The first kappa shape index (κ1) is 13.2. The Balaban J connectivity index is 1.86. The van der Waals surface area contributed by atoms with Crippen LogP contribution in [0.1, 0.15) is 24.2 Å². The van der Waals surface area contributed by atoms with Crippen molar-refractivity contribution < 1.29 is 4.52 Å². The zero-order valence-electron chi connectivity index (χ0n) is 10.5. The van der Waals surface area contributed by atoms with Crippen LogP contribution in [0.4, 0.5) is 0 Å². The van der Waals surface area contributed by atoms with Crippen LogP contribution in [0.25, 0.3) is 0 Å². The van der Waals surface area contributed by atoms with Crippen LogP contribution >= 0.6 is 15.9 Å². The molecule has 0 unspecified atom stereocenters. The molecule has 0 saturated carbocycles. The lowest BCUT2D eigenvalue weighted by Crippen LogP contribution is -2.19. The van der Waals surface area contributed by atoms with Crippen molar-refractivity contribution in [2.24, 2.45) is 0 Å². The lowest BCUT2D eigenvalue weighted by Gasteiger charge is -2.06. The highest BCUT2D eigenvalue weighted by atomic mass is 79.9. The van der Waals surface area contributed by atoms with Crippen molar-refractivity contribution in [1.82, 2.24) is 25.2 Å². The second-order valence-electron chi connectivity index (χ2n) is 3.92. The summed E-state index contributed by atoms with van der Waals surface area (Å²) in [6.45, 7) is 6.51. The molecule has 7 heteroatoms. The summed E-state index contributed by atoms with van der Waals surface area (Å²) in [4.78, 5) is 3.97. The minimum atomic E-state index is 0.654. The van der Waals surface area contributed by atoms with Gasteiger partial charge in [-0.05, 0) is 29.8 Å². The molecule has 18 heavy (non-hydrogen) atoms. The standard InChI is InChI=1S/C11H16BrN5O/c1-3-17-9(11(12)8(2)16-17)6-13-5-4-10-14-7-15-18-10/h7,13H,3-6H2,1-2H3. The highest BCUT2D eigenvalue weighted by molar-refractivity contribution is 9.10. The Bertz CT molecular complexity index is 494. The number of rotatable bonds is 6. The molecule has 0 aliphatic heterocycles. The maximum absolute atomic E-state index is 4.93. The van der Waals surface area contributed by atoms with Gasteiger partial charge < -0.3 is 9.84 Å². The maximum Gasteiger partial charge on any atom is 0.227 e. The lowest BCUT2D eigenvalue weighted by molar-refractivity contribution is 0.374. The molecule has 2 rings (SSSR count). The van der Waals surface area contributed by atoms with Crippen molar-refractivity contribution in [3.05, 3.63) is 28.1 Å². The topological polar surface area (TPSA) is 68.8 Å². The first-order valence-electron chi connectivity index (χ1n) is 5.90. The molecule has 2 heterocycles.